The van der Waals surface area contributed by atoms with Crippen LogP contribution in [0.3, 0.4) is 0 Å². The molecule has 2 aliphatic rings. The van der Waals surface area contributed by atoms with E-state index in [-0.39, 0.29) is 0 Å². The van der Waals surface area contributed by atoms with Gasteiger partial charge in [0, 0.05) is 19.2 Å². The van der Waals surface area contributed by atoms with Crippen molar-refractivity contribution in [3.63, 3.8) is 0 Å². The zero-order chi connectivity index (χ0) is 11.2. The van der Waals surface area contributed by atoms with Crippen LogP contribution < -0.4 is 5.32 Å². The summed E-state index contributed by atoms with van der Waals surface area (Å²) < 4.78 is 5.46. The van der Waals surface area contributed by atoms with Crippen LogP contribution in [0.2, 0.25) is 0 Å². The molecular weight excluding hydrogens is 200 g/mol. The maximum Gasteiger partial charge on any atom is 0.0507 e. The Kier molecular flexibility index (Phi) is 5.07. The molecule has 0 aromatic carbocycles. The van der Waals surface area contributed by atoms with E-state index in [2.05, 4.69) is 17.1 Å². The minimum Gasteiger partial charge on any atom is -0.381 e. The van der Waals surface area contributed by atoms with E-state index >= 15 is 0 Å². The van der Waals surface area contributed by atoms with Gasteiger partial charge in [0.2, 0.25) is 0 Å². The smallest absolute Gasteiger partial charge is 0.0507 e. The van der Waals surface area contributed by atoms with E-state index in [1.54, 1.807) is 0 Å². The van der Waals surface area contributed by atoms with E-state index in [9.17, 15) is 0 Å². The van der Waals surface area contributed by atoms with Gasteiger partial charge in [0.15, 0.2) is 0 Å². The molecule has 2 atom stereocenters. The molecule has 94 valence electrons. The summed E-state index contributed by atoms with van der Waals surface area (Å²) in [6.45, 7) is 9.24. The Labute approximate surface area is 99.5 Å². The third-order valence-corrected chi connectivity index (χ3v) is 3.91. The Hall–Kier alpha value is -0.120. The summed E-state index contributed by atoms with van der Waals surface area (Å²) in [5.41, 5.74) is 0. The van der Waals surface area contributed by atoms with Crippen molar-refractivity contribution in [2.24, 2.45) is 5.92 Å². The van der Waals surface area contributed by atoms with E-state index in [0.29, 0.717) is 0 Å². The zero-order valence-electron chi connectivity index (χ0n) is 10.6. The van der Waals surface area contributed by atoms with Crippen LogP contribution in [0.4, 0.5) is 0 Å². The summed E-state index contributed by atoms with van der Waals surface area (Å²) in [5.74, 6) is 0.799. The first-order valence-corrected chi connectivity index (χ1v) is 6.92. The van der Waals surface area contributed by atoms with Crippen LogP contribution >= 0.6 is 0 Å². The van der Waals surface area contributed by atoms with E-state index in [4.69, 9.17) is 4.74 Å². The van der Waals surface area contributed by atoms with Crippen molar-refractivity contribution < 1.29 is 4.74 Å². The highest BCUT2D eigenvalue weighted by Gasteiger charge is 2.20. The molecule has 16 heavy (non-hydrogen) atoms. The molecule has 3 nitrogen and oxygen atoms in total. The van der Waals surface area contributed by atoms with Crippen molar-refractivity contribution >= 4 is 0 Å². The molecule has 2 unspecified atom stereocenters. The third kappa shape index (κ3) is 3.72. The molecule has 0 bridgehead atoms. The summed E-state index contributed by atoms with van der Waals surface area (Å²) >= 11 is 0. The molecule has 0 radical (unpaired) electrons. The standard InChI is InChI=1S/C13H26N2O/c1-2-13-4-8-15(7-3-6-14-13)10-12-5-9-16-11-12/h12-14H,2-11H2,1H3. The van der Waals surface area contributed by atoms with Crippen molar-refractivity contribution in [3.05, 3.63) is 0 Å². The largest absolute Gasteiger partial charge is 0.381 e. The van der Waals surface area contributed by atoms with Gasteiger partial charge < -0.3 is 15.0 Å². The summed E-state index contributed by atoms with van der Waals surface area (Å²) in [6.07, 6.45) is 5.14. The third-order valence-electron chi connectivity index (χ3n) is 3.91. The van der Waals surface area contributed by atoms with Gasteiger partial charge in [-0.25, -0.2) is 0 Å². The molecule has 0 saturated carbocycles. The van der Waals surface area contributed by atoms with Crippen LogP contribution in [0, 0.1) is 5.92 Å². The van der Waals surface area contributed by atoms with Crippen LogP contribution in [0.15, 0.2) is 0 Å². The van der Waals surface area contributed by atoms with Crippen LogP contribution in [-0.4, -0.2) is 50.3 Å². The molecule has 0 amide bonds. The highest BCUT2D eigenvalue weighted by molar-refractivity contribution is 4.75. The van der Waals surface area contributed by atoms with Crippen LogP contribution in [0.5, 0.6) is 0 Å². The second kappa shape index (κ2) is 6.58. The van der Waals surface area contributed by atoms with Crippen LogP contribution in [-0.2, 0) is 4.74 Å². The predicted molar refractivity (Wildman–Crippen MR) is 66.7 cm³/mol. The molecule has 0 aromatic rings. The van der Waals surface area contributed by atoms with Gasteiger partial charge >= 0.3 is 0 Å². The molecule has 0 spiro atoms. The molecule has 1 N–H and O–H groups in total. The van der Waals surface area contributed by atoms with Gasteiger partial charge in [0.1, 0.15) is 0 Å². The van der Waals surface area contributed by atoms with E-state index in [0.717, 1.165) is 25.2 Å². The lowest BCUT2D eigenvalue weighted by Crippen LogP contribution is -2.41. The second-order valence-corrected chi connectivity index (χ2v) is 5.23. The molecular formula is C13H26N2O. The Bertz CT molecular complexity index is 192. The fourth-order valence-corrected chi connectivity index (χ4v) is 2.78. The number of nitrogens with zero attached hydrogens (tertiary/aromatic N) is 1. The maximum absolute atomic E-state index is 5.46. The van der Waals surface area contributed by atoms with Crippen molar-refractivity contribution in [1.29, 1.82) is 0 Å². The average Bonchev–Trinajstić information content (AvgIpc) is 2.75. The van der Waals surface area contributed by atoms with Crippen molar-refractivity contribution in [3.8, 4) is 0 Å². The second-order valence-electron chi connectivity index (χ2n) is 5.23. The van der Waals surface area contributed by atoms with Crippen molar-refractivity contribution in [2.75, 3.05) is 39.4 Å². The van der Waals surface area contributed by atoms with Gasteiger partial charge in [-0.15, -0.1) is 0 Å². The summed E-state index contributed by atoms with van der Waals surface area (Å²) in [5, 5.41) is 3.63. The van der Waals surface area contributed by atoms with Gasteiger partial charge in [-0.2, -0.15) is 0 Å². The molecule has 2 fully saturated rings. The lowest BCUT2D eigenvalue weighted by Gasteiger charge is -2.30. The molecule has 3 heteroatoms. The normalized spacial score (nSPS) is 33.6. The Morgan fingerprint density at radius 1 is 1.31 bits per heavy atom. The number of hydrogen-bond acceptors (Lipinski definition) is 3. The van der Waals surface area contributed by atoms with Gasteiger partial charge in [-0.3, -0.25) is 0 Å². The summed E-state index contributed by atoms with van der Waals surface area (Å²) in [6, 6.07) is 0.739. The minimum atomic E-state index is 0.739. The molecule has 0 aliphatic carbocycles. The molecule has 0 aromatic heterocycles. The molecule has 2 saturated heterocycles. The fraction of sp³-hybridized carbons (Fsp3) is 1.00. The van der Waals surface area contributed by atoms with E-state index < -0.39 is 0 Å². The van der Waals surface area contributed by atoms with Crippen LogP contribution in [0.25, 0.3) is 0 Å². The average molecular weight is 226 g/mol. The van der Waals surface area contributed by atoms with Gasteiger partial charge in [-0.05, 0) is 51.2 Å². The SMILES string of the molecule is CCC1CCN(CC2CCOC2)CCCN1. The zero-order valence-corrected chi connectivity index (χ0v) is 10.6. The monoisotopic (exact) mass is 226 g/mol. The summed E-state index contributed by atoms with van der Waals surface area (Å²) in [4.78, 5) is 2.66. The van der Waals surface area contributed by atoms with Gasteiger partial charge in [0.05, 0.1) is 6.61 Å². The topological polar surface area (TPSA) is 24.5 Å². The number of rotatable bonds is 3. The Morgan fingerprint density at radius 3 is 3.00 bits per heavy atom. The Balaban J connectivity index is 1.74. The highest BCUT2D eigenvalue weighted by atomic mass is 16.5. The lowest BCUT2D eigenvalue weighted by molar-refractivity contribution is 0.160. The van der Waals surface area contributed by atoms with Crippen molar-refractivity contribution in [2.45, 2.75) is 38.6 Å². The van der Waals surface area contributed by atoms with E-state index in [1.807, 2.05) is 0 Å². The van der Waals surface area contributed by atoms with Gasteiger partial charge in [0.25, 0.3) is 0 Å². The Morgan fingerprint density at radius 2 is 2.25 bits per heavy atom. The highest BCUT2D eigenvalue weighted by Crippen LogP contribution is 2.15. The number of nitrogens with one attached hydrogen (secondary N) is 1. The quantitative estimate of drug-likeness (QED) is 0.789. The first kappa shape index (κ1) is 12.3. The maximum atomic E-state index is 5.46. The lowest BCUT2D eigenvalue weighted by atomic mass is 10.1. The molecule has 2 rings (SSSR count). The van der Waals surface area contributed by atoms with Gasteiger partial charge in [-0.1, -0.05) is 6.92 Å². The molecule has 2 heterocycles. The first-order chi connectivity index (χ1) is 7.88. The fourth-order valence-electron chi connectivity index (χ4n) is 2.78. The van der Waals surface area contributed by atoms with E-state index in [1.165, 1.54) is 51.9 Å². The molecule has 2 aliphatic heterocycles. The van der Waals surface area contributed by atoms with Crippen molar-refractivity contribution in [1.82, 2.24) is 10.2 Å². The van der Waals surface area contributed by atoms with Crippen LogP contribution in [0.1, 0.15) is 32.6 Å². The summed E-state index contributed by atoms with van der Waals surface area (Å²) in [7, 11) is 0. The minimum absolute atomic E-state index is 0.739. The number of hydrogen-bond donors (Lipinski definition) is 1. The predicted octanol–water partition coefficient (Wildman–Crippen LogP) is 1.49. The number of ether oxygens (including phenoxy) is 1. The first-order valence-electron chi connectivity index (χ1n) is 6.92.